The van der Waals surface area contributed by atoms with Gasteiger partial charge in [-0.15, -0.1) is 5.10 Å². The van der Waals surface area contributed by atoms with E-state index in [9.17, 15) is 4.79 Å². The van der Waals surface area contributed by atoms with Gasteiger partial charge in [0, 0.05) is 0 Å². The van der Waals surface area contributed by atoms with Gasteiger partial charge < -0.3 is 9.47 Å². The average Bonchev–Trinajstić information content (AvgIpc) is 3.11. The van der Waals surface area contributed by atoms with Gasteiger partial charge >= 0.3 is 5.97 Å². The van der Waals surface area contributed by atoms with Crippen molar-refractivity contribution >= 4 is 18.1 Å². The largest absolute Gasteiger partial charge is 0.497 e. The summed E-state index contributed by atoms with van der Waals surface area (Å²) in [5.41, 5.74) is 2.50. The third-order valence-corrected chi connectivity index (χ3v) is 3.72. The van der Waals surface area contributed by atoms with Crippen LogP contribution >= 0.6 is 0 Å². The van der Waals surface area contributed by atoms with Crippen molar-refractivity contribution in [1.29, 1.82) is 0 Å². The molecule has 26 heavy (non-hydrogen) atoms. The molecule has 132 valence electrons. The molecule has 1 heterocycles. The number of hydrogen-bond acceptors (Lipinski definition) is 5. The lowest BCUT2D eigenvalue weighted by atomic mass is 10.2. The predicted octanol–water partition coefficient (Wildman–Crippen LogP) is 3.62. The number of ether oxygens (including phenoxy) is 2. The minimum atomic E-state index is -0.500. The first-order chi connectivity index (χ1) is 12.7. The Balaban J connectivity index is 2.03. The Bertz CT molecular complexity index is 900. The van der Waals surface area contributed by atoms with Crippen LogP contribution in [-0.2, 0) is 4.74 Å². The van der Waals surface area contributed by atoms with E-state index in [4.69, 9.17) is 9.47 Å². The molecule has 6 nitrogen and oxygen atoms in total. The smallest absolute Gasteiger partial charge is 0.361 e. The molecule has 0 aliphatic rings. The molecular weight excluding hydrogens is 330 g/mol. The zero-order chi connectivity index (χ0) is 18.4. The van der Waals surface area contributed by atoms with E-state index in [0.717, 1.165) is 17.0 Å². The maximum absolute atomic E-state index is 12.2. The van der Waals surface area contributed by atoms with Crippen LogP contribution in [0.5, 0.6) is 5.75 Å². The quantitative estimate of drug-likeness (QED) is 0.636. The highest BCUT2D eigenvalue weighted by Gasteiger charge is 2.20. The molecule has 1 aromatic heterocycles. The van der Waals surface area contributed by atoms with Gasteiger partial charge in [0.2, 0.25) is 0 Å². The summed E-state index contributed by atoms with van der Waals surface area (Å²) in [6.07, 6.45) is 3.72. The SMILES string of the molecule is CCOC(=O)c1nnn(-c2ccc(OC)cc2)c1/C=C/c1ccccc1. The molecule has 0 radical (unpaired) electrons. The van der Waals surface area contributed by atoms with Gasteiger partial charge in [0.05, 0.1) is 19.4 Å². The third-order valence-electron chi connectivity index (χ3n) is 3.72. The molecule has 0 aliphatic heterocycles. The number of hydrogen-bond donors (Lipinski definition) is 0. The van der Waals surface area contributed by atoms with Crippen molar-refractivity contribution in [1.82, 2.24) is 15.0 Å². The standard InChI is InChI=1S/C20H19N3O3/c1-3-26-20(24)19-18(14-9-15-7-5-4-6-8-15)23(22-21-19)16-10-12-17(25-2)13-11-16/h4-14H,3H2,1-2H3/b14-9+. The molecule has 3 aromatic rings. The number of esters is 1. The van der Waals surface area contributed by atoms with Gasteiger partial charge in [-0.2, -0.15) is 0 Å². The van der Waals surface area contributed by atoms with E-state index in [1.165, 1.54) is 0 Å². The number of aromatic nitrogens is 3. The van der Waals surface area contributed by atoms with Gasteiger partial charge in [0.1, 0.15) is 11.4 Å². The molecule has 2 aromatic carbocycles. The van der Waals surface area contributed by atoms with Crippen molar-refractivity contribution < 1.29 is 14.3 Å². The summed E-state index contributed by atoms with van der Waals surface area (Å²) in [4.78, 5) is 12.2. The van der Waals surface area contributed by atoms with E-state index in [1.54, 1.807) is 18.7 Å². The third kappa shape index (κ3) is 3.80. The lowest BCUT2D eigenvalue weighted by Crippen LogP contribution is -2.08. The van der Waals surface area contributed by atoms with Crippen molar-refractivity contribution in [3.05, 3.63) is 71.5 Å². The molecule has 0 saturated heterocycles. The van der Waals surface area contributed by atoms with Crippen molar-refractivity contribution in [2.24, 2.45) is 0 Å². The number of nitrogens with zero attached hydrogens (tertiary/aromatic N) is 3. The van der Waals surface area contributed by atoms with Crippen LogP contribution in [0, 0.1) is 0 Å². The number of benzene rings is 2. The second-order valence-corrected chi connectivity index (χ2v) is 5.40. The number of methoxy groups -OCH3 is 1. The highest BCUT2D eigenvalue weighted by Crippen LogP contribution is 2.19. The molecule has 0 bridgehead atoms. The second-order valence-electron chi connectivity index (χ2n) is 5.40. The molecule has 0 saturated carbocycles. The Morgan fingerprint density at radius 2 is 1.81 bits per heavy atom. The highest BCUT2D eigenvalue weighted by molar-refractivity contribution is 5.92. The summed E-state index contributed by atoms with van der Waals surface area (Å²) in [5.74, 6) is 0.237. The van der Waals surface area contributed by atoms with Gasteiger partial charge in [-0.25, -0.2) is 9.48 Å². The Hall–Kier alpha value is -3.41. The fraction of sp³-hybridized carbons (Fsp3) is 0.150. The number of rotatable bonds is 6. The number of carbonyl (C=O) groups excluding carboxylic acids is 1. The van der Waals surface area contributed by atoms with Crippen LogP contribution < -0.4 is 4.74 Å². The molecule has 0 unspecified atom stereocenters. The van der Waals surface area contributed by atoms with Crippen LogP contribution in [0.25, 0.3) is 17.8 Å². The minimum absolute atomic E-state index is 0.176. The topological polar surface area (TPSA) is 66.2 Å². The van der Waals surface area contributed by atoms with E-state index in [0.29, 0.717) is 5.69 Å². The molecule has 6 heteroatoms. The predicted molar refractivity (Wildman–Crippen MR) is 99.2 cm³/mol. The first kappa shape index (κ1) is 17.4. The Morgan fingerprint density at radius 1 is 1.08 bits per heavy atom. The van der Waals surface area contributed by atoms with Crippen LogP contribution in [0.3, 0.4) is 0 Å². The molecule has 0 N–H and O–H groups in total. The summed E-state index contributed by atoms with van der Waals surface area (Å²) in [7, 11) is 1.61. The van der Waals surface area contributed by atoms with Gasteiger partial charge in [0.25, 0.3) is 0 Å². The van der Waals surface area contributed by atoms with Gasteiger partial charge in [-0.3, -0.25) is 0 Å². The maximum atomic E-state index is 12.2. The Kier molecular flexibility index (Phi) is 5.43. The monoisotopic (exact) mass is 349 g/mol. The van der Waals surface area contributed by atoms with Crippen molar-refractivity contribution in [3.8, 4) is 11.4 Å². The highest BCUT2D eigenvalue weighted by atomic mass is 16.5. The second kappa shape index (κ2) is 8.11. The molecular formula is C20H19N3O3. The van der Waals surface area contributed by atoms with E-state index in [-0.39, 0.29) is 12.3 Å². The van der Waals surface area contributed by atoms with Crippen LogP contribution in [0.4, 0.5) is 0 Å². The first-order valence-corrected chi connectivity index (χ1v) is 8.23. The van der Waals surface area contributed by atoms with Crippen LogP contribution in [0.2, 0.25) is 0 Å². The van der Waals surface area contributed by atoms with Gasteiger partial charge in [-0.05, 0) is 42.8 Å². The fourth-order valence-corrected chi connectivity index (χ4v) is 2.44. The molecule has 0 atom stereocenters. The van der Waals surface area contributed by atoms with Crippen molar-refractivity contribution in [3.63, 3.8) is 0 Å². The molecule has 0 amide bonds. The van der Waals surface area contributed by atoms with Crippen LogP contribution in [-0.4, -0.2) is 34.7 Å². The van der Waals surface area contributed by atoms with Crippen molar-refractivity contribution in [2.75, 3.05) is 13.7 Å². The Labute approximate surface area is 151 Å². The van der Waals surface area contributed by atoms with E-state index in [1.807, 2.05) is 66.7 Å². The van der Waals surface area contributed by atoms with Gasteiger partial charge in [-0.1, -0.05) is 41.6 Å². The van der Waals surface area contributed by atoms with E-state index in [2.05, 4.69) is 10.3 Å². The molecule has 3 rings (SSSR count). The normalized spacial score (nSPS) is 10.8. The fourth-order valence-electron chi connectivity index (χ4n) is 2.44. The maximum Gasteiger partial charge on any atom is 0.361 e. The van der Waals surface area contributed by atoms with E-state index < -0.39 is 5.97 Å². The zero-order valence-electron chi connectivity index (χ0n) is 14.6. The Morgan fingerprint density at radius 3 is 2.46 bits per heavy atom. The van der Waals surface area contributed by atoms with Crippen molar-refractivity contribution in [2.45, 2.75) is 6.92 Å². The van der Waals surface area contributed by atoms with Gasteiger partial charge in [0.15, 0.2) is 5.69 Å². The molecule has 0 aliphatic carbocycles. The number of carbonyl (C=O) groups is 1. The summed E-state index contributed by atoms with van der Waals surface area (Å²) >= 11 is 0. The summed E-state index contributed by atoms with van der Waals surface area (Å²) in [5, 5.41) is 8.15. The molecule has 0 fully saturated rings. The summed E-state index contributed by atoms with van der Waals surface area (Å²) in [6.45, 7) is 2.03. The van der Waals surface area contributed by atoms with E-state index >= 15 is 0 Å². The van der Waals surface area contributed by atoms with Crippen LogP contribution in [0.1, 0.15) is 28.7 Å². The van der Waals surface area contributed by atoms with Crippen LogP contribution in [0.15, 0.2) is 54.6 Å². The lowest BCUT2D eigenvalue weighted by molar-refractivity contribution is 0.0519. The first-order valence-electron chi connectivity index (χ1n) is 8.23. The summed E-state index contributed by atoms with van der Waals surface area (Å²) in [6, 6.07) is 17.1. The average molecular weight is 349 g/mol. The zero-order valence-corrected chi connectivity index (χ0v) is 14.6. The minimum Gasteiger partial charge on any atom is -0.497 e. The molecule has 0 spiro atoms. The summed E-state index contributed by atoms with van der Waals surface area (Å²) < 4.78 is 11.9. The lowest BCUT2D eigenvalue weighted by Gasteiger charge is -2.06.